The van der Waals surface area contributed by atoms with Gasteiger partial charge in [0.05, 0.1) is 30.6 Å². The Kier molecular flexibility index (Phi) is 6.12. The zero-order chi connectivity index (χ0) is 17.0. The molecule has 0 aromatic heterocycles. The van der Waals surface area contributed by atoms with Crippen LogP contribution in [-0.4, -0.2) is 42.3 Å². The van der Waals surface area contributed by atoms with Crippen LogP contribution in [0.5, 0.6) is 5.75 Å². The van der Waals surface area contributed by atoms with Crippen LogP contribution in [0.3, 0.4) is 0 Å². The Morgan fingerprint density at radius 3 is 2.83 bits per heavy atom. The van der Waals surface area contributed by atoms with Crippen molar-refractivity contribution >= 4 is 46.4 Å². The summed E-state index contributed by atoms with van der Waals surface area (Å²) in [4.78, 5) is 14.9. The first-order chi connectivity index (χ1) is 11.0. The Morgan fingerprint density at radius 2 is 2.22 bits per heavy atom. The van der Waals surface area contributed by atoms with E-state index in [1.807, 2.05) is 38.3 Å². The van der Waals surface area contributed by atoms with Crippen molar-refractivity contribution in [2.45, 2.75) is 32.4 Å². The Hall–Kier alpha value is -1.47. The van der Waals surface area contributed by atoms with E-state index in [0.717, 1.165) is 23.5 Å². The van der Waals surface area contributed by atoms with Crippen LogP contribution in [0.15, 0.2) is 18.2 Å². The van der Waals surface area contributed by atoms with Crippen molar-refractivity contribution in [1.29, 1.82) is 0 Å². The number of nitrogens with zero attached hydrogens (tertiary/aromatic N) is 1. The van der Waals surface area contributed by atoms with E-state index >= 15 is 0 Å². The highest BCUT2D eigenvalue weighted by atomic mass is 32.2. The summed E-state index contributed by atoms with van der Waals surface area (Å²) >= 11 is 7.21. The number of anilines is 2. The molecule has 5 nitrogen and oxygen atoms in total. The lowest BCUT2D eigenvalue weighted by Gasteiger charge is -2.37. The van der Waals surface area contributed by atoms with E-state index < -0.39 is 0 Å². The van der Waals surface area contributed by atoms with Gasteiger partial charge in [0.25, 0.3) is 0 Å². The van der Waals surface area contributed by atoms with Crippen LogP contribution in [0.4, 0.5) is 16.2 Å². The zero-order valence-electron chi connectivity index (χ0n) is 13.8. The fraction of sp³-hybridized carbons (Fsp3) is 0.500. The van der Waals surface area contributed by atoms with Crippen molar-refractivity contribution < 1.29 is 14.3 Å². The maximum absolute atomic E-state index is 12.7. The molecule has 2 rings (SSSR count). The normalized spacial score (nSPS) is 16.8. The summed E-state index contributed by atoms with van der Waals surface area (Å²) in [6.45, 7) is 3.67. The van der Waals surface area contributed by atoms with Gasteiger partial charge in [-0.1, -0.05) is 12.2 Å². The van der Waals surface area contributed by atoms with E-state index in [2.05, 4.69) is 5.32 Å². The number of carbonyl (C=O) groups is 1. The Bertz CT molecular complexity index is 593. The van der Waals surface area contributed by atoms with E-state index in [4.69, 9.17) is 21.7 Å². The van der Waals surface area contributed by atoms with Crippen LogP contribution in [0.25, 0.3) is 0 Å². The van der Waals surface area contributed by atoms with Gasteiger partial charge < -0.3 is 14.8 Å². The third kappa shape index (κ3) is 4.09. The Balaban J connectivity index is 2.43. The molecule has 1 aromatic rings. The minimum Gasteiger partial charge on any atom is -0.497 e. The van der Waals surface area contributed by atoms with Gasteiger partial charge in [-0.05, 0) is 44.4 Å². The van der Waals surface area contributed by atoms with Crippen molar-refractivity contribution in [3.8, 4) is 5.75 Å². The molecule has 1 heterocycles. The van der Waals surface area contributed by atoms with Crippen molar-refractivity contribution in [3.05, 3.63) is 18.2 Å². The number of hydrogen-bond donors (Lipinski definition) is 1. The number of methoxy groups -OCH3 is 1. The van der Waals surface area contributed by atoms with Gasteiger partial charge in [0.15, 0.2) is 0 Å². The van der Waals surface area contributed by atoms with Crippen LogP contribution < -0.4 is 15.0 Å². The van der Waals surface area contributed by atoms with Gasteiger partial charge in [-0.3, -0.25) is 4.90 Å². The van der Waals surface area contributed by atoms with Crippen molar-refractivity contribution in [3.63, 3.8) is 0 Å². The highest BCUT2D eigenvalue weighted by Gasteiger charge is 2.36. The first-order valence-corrected chi connectivity index (χ1v) is 9.25. The number of fused-ring (bicyclic) bond motifs is 1. The summed E-state index contributed by atoms with van der Waals surface area (Å²) in [5.41, 5.74) is 1.52. The lowest BCUT2D eigenvalue weighted by molar-refractivity contribution is 0.121. The number of thiocarbonyl (C=S) groups is 1. The quantitative estimate of drug-likeness (QED) is 0.809. The van der Waals surface area contributed by atoms with E-state index in [-0.39, 0.29) is 18.2 Å². The number of ether oxygens (including phenoxy) is 2. The van der Waals surface area contributed by atoms with Gasteiger partial charge >= 0.3 is 6.09 Å². The van der Waals surface area contributed by atoms with E-state index in [1.54, 1.807) is 23.8 Å². The van der Waals surface area contributed by atoms with Crippen LogP contribution in [0.1, 0.15) is 20.3 Å². The number of carbonyl (C=O) groups excluding carboxylic acids is 1. The molecule has 1 amide bonds. The van der Waals surface area contributed by atoms with Crippen LogP contribution in [0, 0.1) is 0 Å². The molecule has 0 aliphatic carbocycles. The summed E-state index contributed by atoms with van der Waals surface area (Å²) in [6, 6.07) is 5.31. The number of thioether (sulfide) groups is 1. The first-order valence-electron chi connectivity index (χ1n) is 7.45. The molecule has 23 heavy (non-hydrogen) atoms. The van der Waals surface area contributed by atoms with Crippen LogP contribution >= 0.6 is 24.0 Å². The molecule has 0 radical (unpaired) electrons. The minimum absolute atomic E-state index is 0.193. The Morgan fingerprint density at radius 1 is 1.48 bits per heavy atom. The molecule has 0 spiro atoms. The second-order valence-corrected chi connectivity index (χ2v) is 6.90. The summed E-state index contributed by atoms with van der Waals surface area (Å²) in [6.07, 6.45) is 2.22. The average Bonchev–Trinajstić information content (AvgIpc) is 2.51. The minimum atomic E-state index is -0.385. The number of amides is 1. The molecule has 0 fully saturated rings. The predicted molar refractivity (Wildman–Crippen MR) is 100 cm³/mol. The van der Waals surface area contributed by atoms with Crippen molar-refractivity contribution in [2.24, 2.45) is 0 Å². The van der Waals surface area contributed by atoms with E-state index in [0.29, 0.717) is 10.7 Å². The molecule has 1 atom stereocenters. The third-order valence-corrected chi connectivity index (χ3v) is 4.48. The maximum Gasteiger partial charge on any atom is 0.415 e. The monoisotopic (exact) mass is 354 g/mol. The largest absolute Gasteiger partial charge is 0.497 e. The molecule has 0 unspecified atom stereocenters. The fourth-order valence-electron chi connectivity index (χ4n) is 2.42. The smallest absolute Gasteiger partial charge is 0.415 e. The lowest BCUT2D eigenvalue weighted by Crippen LogP contribution is -2.51. The van der Waals surface area contributed by atoms with Gasteiger partial charge in [-0.25, -0.2) is 4.79 Å². The second-order valence-electron chi connectivity index (χ2n) is 5.47. The fourth-order valence-corrected chi connectivity index (χ4v) is 3.21. The molecule has 7 heteroatoms. The first kappa shape index (κ1) is 17.9. The molecule has 1 N–H and O–H groups in total. The van der Waals surface area contributed by atoms with Gasteiger partial charge in [-0.15, -0.1) is 0 Å². The highest BCUT2D eigenvalue weighted by Crippen LogP contribution is 2.37. The molecule has 0 saturated carbocycles. The molecule has 0 saturated heterocycles. The molecule has 0 bridgehead atoms. The predicted octanol–water partition coefficient (Wildman–Crippen LogP) is 3.92. The van der Waals surface area contributed by atoms with Gasteiger partial charge in [0, 0.05) is 6.07 Å². The molecular weight excluding hydrogens is 332 g/mol. The Labute approximate surface area is 146 Å². The topological polar surface area (TPSA) is 50.8 Å². The summed E-state index contributed by atoms with van der Waals surface area (Å²) in [7, 11) is 1.60. The van der Waals surface area contributed by atoms with Gasteiger partial charge in [-0.2, -0.15) is 11.8 Å². The van der Waals surface area contributed by atoms with Crippen molar-refractivity contribution in [1.82, 2.24) is 0 Å². The number of hydrogen-bond acceptors (Lipinski definition) is 5. The average molecular weight is 354 g/mol. The molecule has 1 aliphatic rings. The summed E-state index contributed by atoms with van der Waals surface area (Å²) in [5.74, 6) is 1.58. The van der Waals surface area contributed by atoms with E-state index in [1.165, 1.54) is 0 Å². The highest BCUT2D eigenvalue weighted by molar-refractivity contribution is 7.98. The molecule has 126 valence electrons. The van der Waals surface area contributed by atoms with Crippen LogP contribution in [-0.2, 0) is 4.74 Å². The number of benzene rings is 1. The molecule has 1 aromatic carbocycles. The molecular formula is C16H22N2O3S2. The zero-order valence-corrected chi connectivity index (χ0v) is 15.4. The number of rotatable bonds is 5. The summed E-state index contributed by atoms with van der Waals surface area (Å²) in [5, 5.41) is 3.23. The van der Waals surface area contributed by atoms with Crippen LogP contribution in [0.2, 0.25) is 0 Å². The standard InChI is InChI=1S/C16H22N2O3S2/c1-10(2)21-16(19)18-13(7-8-23-4)15(22)17-12-6-5-11(20-3)9-14(12)18/h5-6,9-10,13H,7-8H2,1-4H3,(H,17,22)/t13-/m0/s1. The second kappa shape index (κ2) is 7.88. The number of nitrogens with one attached hydrogen (secondary N) is 1. The maximum atomic E-state index is 12.7. The molecule has 1 aliphatic heterocycles. The lowest BCUT2D eigenvalue weighted by atomic mass is 10.1. The van der Waals surface area contributed by atoms with E-state index in [9.17, 15) is 4.79 Å². The SMILES string of the molecule is COc1ccc2c(c1)N(C(=O)OC(C)C)[C@@H](CCSC)C(=S)N2. The third-order valence-electron chi connectivity index (χ3n) is 3.47. The van der Waals surface area contributed by atoms with Crippen molar-refractivity contribution in [2.75, 3.05) is 29.3 Å². The van der Waals surface area contributed by atoms with Gasteiger partial charge in [0.2, 0.25) is 0 Å². The van der Waals surface area contributed by atoms with Gasteiger partial charge in [0.1, 0.15) is 10.7 Å². The summed E-state index contributed by atoms with van der Waals surface area (Å²) < 4.78 is 10.7.